The van der Waals surface area contributed by atoms with Crippen molar-refractivity contribution in [3.8, 4) is 0 Å². The molecule has 1 aromatic carbocycles. The maximum Gasteiger partial charge on any atom is 0.253 e. The molecule has 7 nitrogen and oxygen atoms in total. The second-order valence-electron chi connectivity index (χ2n) is 6.79. The van der Waals surface area contributed by atoms with E-state index in [2.05, 4.69) is 24.1 Å². The fourth-order valence-corrected chi connectivity index (χ4v) is 4.84. The van der Waals surface area contributed by atoms with Crippen LogP contribution in [0.1, 0.15) is 24.2 Å². The van der Waals surface area contributed by atoms with E-state index in [0.717, 1.165) is 13.1 Å². The lowest BCUT2D eigenvalue weighted by atomic mass is 10.2. The topological polar surface area (TPSA) is 73.0 Å². The summed E-state index contributed by atoms with van der Waals surface area (Å²) < 4.78 is 26.9. The monoisotopic (exact) mass is 430 g/mol. The smallest absolute Gasteiger partial charge is 0.253 e. The summed E-state index contributed by atoms with van der Waals surface area (Å²) in [7, 11) is -3.39. The van der Waals surface area contributed by atoms with Gasteiger partial charge in [-0.05, 0) is 31.3 Å². The average molecular weight is 431 g/mol. The highest BCUT2D eigenvalue weighted by molar-refractivity contribution is 7.89. The Balaban J connectivity index is 2.09. The van der Waals surface area contributed by atoms with Crippen LogP contribution in [0.4, 0.5) is 0 Å². The van der Waals surface area contributed by atoms with Crippen molar-refractivity contribution in [2.45, 2.75) is 13.8 Å². The summed E-state index contributed by atoms with van der Waals surface area (Å²) in [5.41, 5.74) is 0.478. The number of sulfonamides is 1. The maximum absolute atomic E-state index is 13.0. The molecular weight excluding hydrogens is 400 g/mol. The van der Waals surface area contributed by atoms with E-state index in [1.165, 1.54) is 4.31 Å². The van der Waals surface area contributed by atoms with Crippen LogP contribution < -0.4 is 5.32 Å². The molecule has 0 aromatic heterocycles. The molecule has 1 aliphatic rings. The molecule has 158 valence electrons. The normalized spacial score (nSPS) is 15.7. The highest BCUT2D eigenvalue weighted by Gasteiger charge is 2.26. The molecule has 0 saturated carbocycles. The number of halogens is 1. The van der Waals surface area contributed by atoms with Crippen LogP contribution in [-0.4, -0.2) is 93.1 Å². The van der Waals surface area contributed by atoms with Crippen molar-refractivity contribution in [3.05, 3.63) is 34.9 Å². The molecule has 1 fully saturated rings. The zero-order valence-electron chi connectivity index (χ0n) is 16.7. The van der Waals surface area contributed by atoms with Gasteiger partial charge in [0.2, 0.25) is 10.0 Å². The Hall–Kier alpha value is -1.19. The first-order chi connectivity index (χ1) is 13.4. The summed E-state index contributed by atoms with van der Waals surface area (Å²) >= 11 is 6.03. The van der Waals surface area contributed by atoms with Gasteiger partial charge in [0.25, 0.3) is 5.91 Å². The summed E-state index contributed by atoms with van der Waals surface area (Å²) in [6, 6.07) is 6.78. The van der Waals surface area contributed by atoms with E-state index in [1.54, 1.807) is 29.2 Å². The number of hydrogen-bond donors (Lipinski definition) is 1. The minimum atomic E-state index is -3.39. The molecule has 0 radical (unpaired) electrons. The van der Waals surface area contributed by atoms with E-state index < -0.39 is 10.0 Å². The Morgan fingerprint density at radius 3 is 2.43 bits per heavy atom. The van der Waals surface area contributed by atoms with Crippen LogP contribution in [0.2, 0.25) is 5.02 Å². The minimum Gasteiger partial charge on any atom is -0.336 e. The minimum absolute atomic E-state index is 0.0719. The van der Waals surface area contributed by atoms with E-state index in [9.17, 15) is 13.2 Å². The first kappa shape index (κ1) is 23.1. The number of nitrogens with zero attached hydrogens (tertiary/aromatic N) is 3. The van der Waals surface area contributed by atoms with Gasteiger partial charge in [-0.3, -0.25) is 4.79 Å². The molecule has 1 heterocycles. The fraction of sp³-hybridized carbons (Fsp3) is 0.632. The van der Waals surface area contributed by atoms with Gasteiger partial charge >= 0.3 is 0 Å². The van der Waals surface area contributed by atoms with Crippen molar-refractivity contribution in [1.29, 1.82) is 0 Å². The third-order valence-electron chi connectivity index (χ3n) is 5.03. The summed E-state index contributed by atoms with van der Waals surface area (Å²) in [6.45, 7) is 9.52. The fourth-order valence-electron chi connectivity index (χ4n) is 3.20. The molecule has 1 aromatic rings. The number of hydrogen-bond acceptors (Lipinski definition) is 5. The van der Waals surface area contributed by atoms with E-state index in [-0.39, 0.29) is 18.2 Å². The standard InChI is InChI=1S/C19H31ClN4O3S/c1-3-22(4-2)12-13-23(19(25)17-6-5-7-18(20)16-17)14-15-28(26,27)24-10-8-21-9-11-24/h5-7,16,21H,3-4,8-15H2,1-2H3. The highest BCUT2D eigenvalue weighted by Crippen LogP contribution is 2.14. The van der Waals surface area contributed by atoms with Gasteiger partial charge in [-0.25, -0.2) is 8.42 Å². The average Bonchev–Trinajstić information content (AvgIpc) is 2.71. The highest BCUT2D eigenvalue weighted by atomic mass is 35.5. The number of nitrogens with one attached hydrogen (secondary N) is 1. The van der Waals surface area contributed by atoms with Crippen molar-refractivity contribution in [1.82, 2.24) is 19.4 Å². The van der Waals surface area contributed by atoms with Gasteiger partial charge in [0.05, 0.1) is 5.75 Å². The number of amides is 1. The van der Waals surface area contributed by atoms with Gasteiger partial charge in [-0.1, -0.05) is 31.5 Å². The molecule has 1 aliphatic heterocycles. The van der Waals surface area contributed by atoms with Gasteiger partial charge in [0.1, 0.15) is 0 Å². The van der Waals surface area contributed by atoms with Crippen molar-refractivity contribution in [2.24, 2.45) is 0 Å². The predicted octanol–water partition coefficient (Wildman–Crippen LogP) is 1.36. The molecule has 0 aliphatic carbocycles. The molecule has 28 heavy (non-hydrogen) atoms. The van der Waals surface area contributed by atoms with E-state index in [0.29, 0.717) is 49.9 Å². The molecule has 2 rings (SSSR count). The maximum atomic E-state index is 13.0. The van der Waals surface area contributed by atoms with Crippen molar-refractivity contribution < 1.29 is 13.2 Å². The van der Waals surface area contributed by atoms with E-state index in [4.69, 9.17) is 11.6 Å². The Kier molecular flexibility index (Phi) is 9.17. The third-order valence-corrected chi connectivity index (χ3v) is 7.11. The van der Waals surface area contributed by atoms with Crippen molar-refractivity contribution in [3.63, 3.8) is 0 Å². The van der Waals surface area contributed by atoms with Crippen LogP contribution in [0.25, 0.3) is 0 Å². The van der Waals surface area contributed by atoms with Crippen molar-refractivity contribution >= 4 is 27.5 Å². The van der Waals surface area contributed by atoms with Crippen LogP contribution in [0.3, 0.4) is 0 Å². The number of rotatable bonds is 10. The molecule has 1 amide bonds. The van der Waals surface area contributed by atoms with Crippen LogP contribution in [0, 0.1) is 0 Å². The van der Waals surface area contributed by atoms with Gasteiger partial charge in [-0.15, -0.1) is 0 Å². The third kappa shape index (κ3) is 6.70. The number of carbonyl (C=O) groups excluding carboxylic acids is 1. The summed E-state index contributed by atoms with van der Waals surface area (Å²) in [4.78, 5) is 16.8. The molecule has 1 N–H and O–H groups in total. The van der Waals surface area contributed by atoms with Crippen LogP contribution in [-0.2, 0) is 10.0 Å². The SMILES string of the molecule is CCN(CC)CCN(CCS(=O)(=O)N1CCNCC1)C(=O)c1cccc(Cl)c1. The number of benzene rings is 1. The lowest BCUT2D eigenvalue weighted by Gasteiger charge is -2.29. The van der Waals surface area contributed by atoms with Crippen LogP contribution in [0.15, 0.2) is 24.3 Å². The molecule has 1 saturated heterocycles. The van der Waals surface area contributed by atoms with Crippen molar-refractivity contribution in [2.75, 3.05) is 64.7 Å². The lowest BCUT2D eigenvalue weighted by molar-refractivity contribution is 0.0747. The van der Waals surface area contributed by atoms with E-state index >= 15 is 0 Å². The molecular formula is C19H31ClN4O3S. The van der Waals surface area contributed by atoms with Gasteiger partial charge in [0.15, 0.2) is 0 Å². The van der Waals surface area contributed by atoms with Gasteiger partial charge in [0, 0.05) is 56.4 Å². The second kappa shape index (κ2) is 11.1. The molecule has 0 bridgehead atoms. The predicted molar refractivity (Wildman–Crippen MR) is 113 cm³/mol. The van der Waals surface area contributed by atoms with Crippen LogP contribution >= 0.6 is 11.6 Å². The second-order valence-corrected chi connectivity index (χ2v) is 9.32. The number of piperazine rings is 1. The summed E-state index contributed by atoms with van der Waals surface area (Å²) in [6.07, 6.45) is 0. The van der Waals surface area contributed by atoms with Gasteiger partial charge in [-0.2, -0.15) is 4.31 Å². The largest absolute Gasteiger partial charge is 0.336 e. The van der Waals surface area contributed by atoms with Gasteiger partial charge < -0.3 is 15.1 Å². The Morgan fingerprint density at radius 2 is 1.82 bits per heavy atom. The zero-order valence-corrected chi connectivity index (χ0v) is 18.3. The Bertz CT molecular complexity index is 734. The first-order valence-electron chi connectivity index (χ1n) is 9.83. The quantitative estimate of drug-likeness (QED) is 0.606. The molecule has 0 spiro atoms. The molecule has 0 atom stereocenters. The number of carbonyl (C=O) groups is 1. The summed E-state index contributed by atoms with van der Waals surface area (Å²) in [5, 5.41) is 3.64. The lowest BCUT2D eigenvalue weighted by Crippen LogP contribution is -2.49. The number of likely N-dealkylation sites (N-methyl/N-ethyl adjacent to an activating group) is 1. The molecule has 0 unspecified atom stereocenters. The van der Waals surface area contributed by atoms with Crippen LogP contribution in [0.5, 0.6) is 0 Å². The first-order valence-corrected chi connectivity index (χ1v) is 11.8. The zero-order chi connectivity index (χ0) is 20.6. The summed E-state index contributed by atoms with van der Waals surface area (Å²) in [5.74, 6) is -0.262. The Labute approximate surface area is 173 Å². The molecule has 9 heteroatoms. The Morgan fingerprint density at radius 1 is 1.14 bits per heavy atom. The van der Waals surface area contributed by atoms with E-state index in [1.807, 2.05) is 0 Å².